The van der Waals surface area contributed by atoms with Crippen molar-refractivity contribution in [3.63, 3.8) is 0 Å². The first kappa shape index (κ1) is 16.1. The molecular formula is C7H9CuNO3S2. The van der Waals surface area contributed by atoms with Crippen LogP contribution in [0.3, 0.4) is 0 Å². The molecule has 0 bridgehead atoms. The van der Waals surface area contributed by atoms with Gasteiger partial charge >= 0.3 is 5.97 Å². The van der Waals surface area contributed by atoms with Crippen molar-refractivity contribution < 1.29 is 31.8 Å². The number of aliphatic carboxylic acids is 1. The summed E-state index contributed by atoms with van der Waals surface area (Å²) in [5, 5.41) is 7.78. The van der Waals surface area contributed by atoms with Gasteiger partial charge in [0.1, 0.15) is 9.89 Å². The van der Waals surface area contributed by atoms with Crippen LogP contribution >= 0.6 is 24.0 Å². The zero-order valence-electron chi connectivity index (χ0n) is 7.54. The Bertz CT molecular complexity index is 278. The van der Waals surface area contributed by atoms with Gasteiger partial charge in [-0.05, 0) is 11.8 Å². The molecule has 0 rings (SSSR count). The van der Waals surface area contributed by atoms with E-state index in [9.17, 15) is 9.59 Å². The normalized spacial score (nSPS) is 8.43. The van der Waals surface area contributed by atoms with Gasteiger partial charge in [-0.25, -0.2) is 4.79 Å². The van der Waals surface area contributed by atoms with E-state index >= 15 is 0 Å². The summed E-state index contributed by atoms with van der Waals surface area (Å²) in [6.45, 7) is 3.12. The fourth-order valence-corrected chi connectivity index (χ4v) is 1.10. The van der Waals surface area contributed by atoms with Crippen LogP contribution in [0.5, 0.6) is 0 Å². The van der Waals surface area contributed by atoms with Gasteiger partial charge in [0.25, 0.3) is 0 Å². The molecule has 83 valence electrons. The predicted octanol–water partition coefficient (Wildman–Crippen LogP) is 0.731. The van der Waals surface area contributed by atoms with Crippen molar-refractivity contribution in [3.8, 4) is 0 Å². The van der Waals surface area contributed by atoms with E-state index in [1.54, 1.807) is 19.0 Å². The number of carbonyl (C=O) groups is 2. The Morgan fingerprint density at radius 3 is 2.14 bits per heavy atom. The molecule has 7 heteroatoms. The van der Waals surface area contributed by atoms with Crippen LogP contribution in [0.2, 0.25) is 0 Å². The van der Waals surface area contributed by atoms with Crippen molar-refractivity contribution in [3.05, 3.63) is 12.2 Å². The minimum Gasteiger partial charge on any atom is -0.478 e. The molecule has 0 amide bonds. The summed E-state index contributed by atoms with van der Waals surface area (Å²) >= 11 is 5.48. The summed E-state index contributed by atoms with van der Waals surface area (Å²) in [6.07, 6.45) is 0. The van der Waals surface area contributed by atoms with Crippen LogP contribution in [-0.4, -0.2) is 39.5 Å². The molecule has 0 aromatic carbocycles. The second kappa shape index (κ2) is 7.00. The van der Waals surface area contributed by atoms with Crippen molar-refractivity contribution in [1.29, 1.82) is 0 Å². The largest absolute Gasteiger partial charge is 0.478 e. The van der Waals surface area contributed by atoms with Crippen molar-refractivity contribution >= 4 is 39.4 Å². The minimum absolute atomic E-state index is 0. The Balaban J connectivity index is 0. The number of carboxylic acid groups (broad SMARTS) is 1. The number of hydrogen-bond donors (Lipinski definition) is 1. The molecular weight excluding hydrogens is 274 g/mol. The Morgan fingerprint density at radius 1 is 1.43 bits per heavy atom. The summed E-state index contributed by atoms with van der Waals surface area (Å²) in [7, 11) is 3.35. The molecule has 0 spiro atoms. The van der Waals surface area contributed by atoms with Crippen molar-refractivity contribution in [1.82, 2.24) is 4.90 Å². The van der Waals surface area contributed by atoms with Crippen LogP contribution in [-0.2, 0) is 26.7 Å². The van der Waals surface area contributed by atoms with E-state index in [0.29, 0.717) is 16.1 Å². The molecule has 1 N–H and O–H groups in total. The van der Waals surface area contributed by atoms with Crippen LogP contribution in [0, 0.1) is 0 Å². The molecule has 0 saturated carbocycles. The molecule has 0 aromatic rings. The molecule has 0 unspecified atom stereocenters. The number of rotatable bonds is 2. The molecule has 0 saturated heterocycles. The molecule has 0 atom stereocenters. The number of hydrogen-bond acceptors (Lipinski definition) is 4. The standard InChI is InChI=1S/C7H9NO3S2.Cu/c1-4(5(9)10)6(11)13-7(12)8(2)3;/h1H2,2-3H3,(H,9,10);. The minimum atomic E-state index is -1.32. The fraction of sp³-hybridized carbons (Fsp3) is 0.286. The molecule has 14 heavy (non-hydrogen) atoms. The van der Waals surface area contributed by atoms with E-state index in [0.717, 1.165) is 0 Å². The third-order valence-corrected chi connectivity index (χ3v) is 2.64. The van der Waals surface area contributed by atoms with Crippen LogP contribution in [0.4, 0.5) is 0 Å². The number of thioether (sulfide) groups is 1. The summed E-state index contributed by atoms with van der Waals surface area (Å²) < 4.78 is 0.312. The van der Waals surface area contributed by atoms with Gasteiger partial charge < -0.3 is 10.0 Å². The maximum absolute atomic E-state index is 11.1. The van der Waals surface area contributed by atoms with Gasteiger partial charge in [-0.1, -0.05) is 18.8 Å². The van der Waals surface area contributed by atoms with E-state index in [1.807, 2.05) is 0 Å². The van der Waals surface area contributed by atoms with Crippen LogP contribution in [0.15, 0.2) is 12.2 Å². The van der Waals surface area contributed by atoms with E-state index in [4.69, 9.17) is 17.3 Å². The van der Waals surface area contributed by atoms with E-state index in [-0.39, 0.29) is 17.1 Å². The Hall–Kier alpha value is -0.361. The summed E-state index contributed by atoms with van der Waals surface area (Å²) in [4.78, 5) is 22.9. The van der Waals surface area contributed by atoms with E-state index in [1.165, 1.54) is 0 Å². The van der Waals surface area contributed by atoms with Crippen molar-refractivity contribution in [2.45, 2.75) is 0 Å². The van der Waals surface area contributed by atoms with E-state index in [2.05, 4.69) is 6.58 Å². The molecule has 0 aliphatic carbocycles. The van der Waals surface area contributed by atoms with Gasteiger partial charge in [0, 0.05) is 31.2 Å². The SMILES string of the molecule is C=C(C(=O)O)C(=O)SC(=S)N(C)C.[Cu]. The fourth-order valence-electron chi connectivity index (χ4n) is 0.319. The molecule has 0 aromatic heterocycles. The van der Waals surface area contributed by atoms with Gasteiger partial charge in [-0.2, -0.15) is 0 Å². The second-order valence-corrected chi connectivity index (χ2v) is 3.94. The maximum Gasteiger partial charge on any atom is 0.339 e. The average Bonchev–Trinajstić information content (AvgIpc) is 2.02. The Labute approximate surface area is 102 Å². The quantitative estimate of drug-likeness (QED) is 0.265. The molecule has 0 fully saturated rings. The van der Waals surface area contributed by atoms with E-state index < -0.39 is 16.7 Å². The number of nitrogens with zero attached hydrogens (tertiary/aromatic N) is 1. The molecule has 4 nitrogen and oxygen atoms in total. The third-order valence-electron chi connectivity index (χ3n) is 1.05. The third kappa shape index (κ3) is 5.39. The maximum atomic E-state index is 11.1. The predicted molar refractivity (Wildman–Crippen MR) is 55.7 cm³/mol. The zero-order valence-corrected chi connectivity index (χ0v) is 10.1. The van der Waals surface area contributed by atoms with Crippen LogP contribution in [0.25, 0.3) is 0 Å². The van der Waals surface area contributed by atoms with Crippen LogP contribution in [0.1, 0.15) is 0 Å². The Kier molecular flexibility index (Phi) is 8.04. The topological polar surface area (TPSA) is 57.6 Å². The van der Waals surface area contributed by atoms with Crippen molar-refractivity contribution in [2.75, 3.05) is 14.1 Å². The smallest absolute Gasteiger partial charge is 0.339 e. The number of thiocarbonyl (C=S) groups is 1. The molecule has 1 radical (unpaired) electrons. The first-order valence-electron chi connectivity index (χ1n) is 3.22. The summed E-state index contributed by atoms with van der Waals surface area (Å²) in [5.74, 6) is -1.32. The Morgan fingerprint density at radius 2 is 1.86 bits per heavy atom. The van der Waals surface area contributed by atoms with Crippen LogP contribution < -0.4 is 0 Å². The molecule has 0 aliphatic heterocycles. The number of carboxylic acids is 1. The van der Waals surface area contributed by atoms with Gasteiger partial charge in [0.05, 0.1) is 0 Å². The van der Waals surface area contributed by atoms with Gasteiger partial charge in [0.2, 0.25) is 5.12 Å². The first-order valence-corrected chi connectivity index (χ1v) is 4.44. The second-order valence-electron chi connectivity index (χ2n) is 2.33. The van der Waals surface area contributed by atoms with Crippen molar-refractivity contribution in [2.24, 2.45) is 0 Å². The monoisotopic (exact) mass is 282 g/mol. The van der Waals surface area contributed by atoms with Gasteiger partial charge in [-0.15, -0.1) is 0 Å². The zero-order chi connectivity index (χ0) is 10.6. The average molecular weight is 283 g/mol. The van der Waals surface area contributed by atoms with Gasteiger partial charge in [-0.3, -0.25) is 4.79 Å². The summed E-state index contributed by atoms with van der Waals surface area (Å²) in [6, 6.07) is 0. The summed E-state index contributed by atoms with van der Waals surface area (Å²) in [5.41, 5.74) is -0.464. The van der Waals surface area contributed by atoms with Gasteiger partial charge in [0.15, 0.2) is 0 Å². The molecule has 0 heterocycles. The first-order chi connectivity index (χ1) is 5.86. The number of carbonyl (C=O) groups excluding carboxylic acids is 1. The molecule has 0 aliphatic rings.